The molecule has 0 saturated carbocycles. The van der Waals surface area contributed by atoms with Gasteiger partial charge in [-0.1, -0.05) is 6.92 Å². The Balaban J connectivity index is 2.13. The average molecular weight is 268 g/mol. The number of nitriles is 1. The first-order valence-corrected chi connectivity index (χ1v) is 6.07. The van der Waals surface area contributed by atoms with E-state index in [0.29, 0.717) is 11.5 Å². The summed E-state index contributed by atoms with van der Waals surface area (Å²) >= 11 is 0. The van der Waals surface area contributed by atoms with Crippen molar-refractivity contribution >= 4 is 0 Å². The van der Waals surface area contributed by atoms with Crippen LogP contribution in [0.5, 0.6) is 11.6 Å². The van der Waals surface area contributed by atoms with Gasteiger partial charge in [0.05, 0.1) is 16.8 Å². The molecular formula is C14H12N4O2. The number of fused-ring (bicyclic) bond motifs is 1. The predicted molar refractivity (Wildman–Crippen MR) is 71.6 cm³/mol. The van der Waals surface area contributed by atoms with Gasteiger partial charge in [-0.3, -0.25) is 5.10 Å². The number of nitrogens with two attached hydrogens (primary N) is 1. The van der Waals surface area contributed by atoms with Crippen LogP contribution in [0.4, 0.5) is 0 Å². The van der Waals surface area contributed by atoms with Crippen molar-refractivity contribution in [2.45, 2.75) is 12.8 Å². The van der Waals surface area contributed by atoms with Crippen molar-refractivity contribution in [3.63, 3.8) is 0 Å². The Hall–Kier alpha value is -2.94. The first kappa shape index (κ1) is 12.1. The van der Waals surface area contributed by atoms with E-state index < -0.39 is 0 Å². The molecule has 3 rings (SSSR count). The van der Waals surface area contributed by atoms with Crippen LogP contribution in [0.2, 0.25) is 0 Å². The third kappa shape index (κ3) is 1.68. The maximum absolute atomic E-state index is 9.34. The van der Waals surface area contributed by atoms with E-state index in [1.165, 1.54) is 0 Å². The second-order valence-electron chi connectivity index (χ2n) is 4.58. The van der Waals surface area contributed by atoms with E-state index in [4.69, 9.17) is 15.7 Å². The standard InChI is InChI=1S/C14H12N4O2/c1-7-10(6-15)13(16)20-14-11(7)12(17-18-14)8-2-4-9(19)5-3-8/h2-5,7,19H,16H2,1H3,(H,17,18). The van der Waals surface area contributed by atoms with Crippen molar-refractivity contribution in [2.24, 2.45) is 5.73 Å². The van der Waals surface area contributed by atoms with Crippen LogP contribution in [0.1, 0.15) is 18.4 Å². The van der Waals surface area contributed by atoms with Gasteiger partial charge in [-0.05, 0) is 24.3 Å². The molecule has 6 heteroatoms. The molecule has 1 aliphatic heterocycles. The molecule has 0 saturated heterocycles. The lowest BCUT2D eigenvalue weighted by Crippen LogP contribution is -2.18. The number of hydrogen-bond acceptors (Lipinski definition) is 5. The highest BCUT2D eigenvalue weighted by molar-refractivity contribution is 5.69. The van der Waals surface area contributed by atoms with E-state index in [2.05, 4.69) is 16.3 Å². The number of phenols is 1. The predicted octanol–water partition coefficient (Wildman–Crippen LogP) is 1.97. The summed E-state index contributed by atoms with van der Waals surface area (Å²) < 4.78 is 5.37. The van der Waals surface area contributed by atoms with Crippen LogP contribution >= 0.6 is 0 Å². The van der Waals surface area contributed by atoms with Crippen LogP contribution in [-0.4, -0.2) is 15.3 Å². The summed E-state index contributed by atoms with van der Waals surface area (Å²) in [4.78, 5) is 0. The number of nitrogens with zero attached hydrogens (tertiary/aromatic N) is 2. The Morgan fingerprint density at radius 3 is 2.75 bits per heavy atom. The van der Waals surface area contributed by atoms with E-state index in [1.54, 1.807) is 24.3 Å². The number of nitrogens with one attached hydrogen (secondary N) is 1. The molecular weight excluding hydrogens is 256 g/mol. The number of aromatic hydroxyl groups is 1. The molecule has 0 amide bonds. The van der Waals surface area contributed by atoms with E-state index >= 15 is 0 Å². The molecule has 0 spiro atoms. The molecule has 1 atom stereocenters. The highest BCUT2D eigenvalue weighted by Crippen LogP contribution is 2.41. The van der Waals surface area contributed by atoms with E-state index in [0.717, 1.165) is 16.8 Å². The smallest absolute Gasteiger partial charge is 0.244 e. The van der Waals surface area contributed by atoms with Gasteiger partial charge in [0.1, 0.15) is 11.8 Å². The number of ether oxygens (including phenoxy) is 1. The van der Waals surface area contributed by atoms with Crippen molar-refractivity contribution in [3.8, 4) is 29.0 Å². The lowest BCUT2D eigenvalue weighted by molar-refractivity contribution is 0.377. The van der Waals surface area contributed by atoms with E-state index in [-0.39, 0.29) is 17.6 Å². The second-order valence-corrected chi connectivity index (χ2v) is 4.58. The molecule has 0 bridgehead atoms. The molecule has 0 aliphatic carbocycles. The van der Waals surface area contributed by atoms with Crippen molar-refractivity contribution in [2.75, 3.05) is 0 Å². The molecule has 2 aromatic rings. The Kier molecular flexibility index (Phi) is 2.61. The first-order chi connectivity index (χ1) is 9.61. The highest BCUT2D eigenvalue weighted by atomic mass is 16.5. The van der Waals surface area contributed by atoms with E-state index in [1.807, 2.05) is 6.92 Å². The Bertz CT molecular complexity index is 738. The van der Waals surface area contributed by atoms with Gasteiger partial charge in [0, 0.05) is 11.5 Å². The van der Waals surface area contributed by atoms with Gasteiger partial charge in [-0.25, -0.2) is 0 Å². The number of aromatic amines is 1. The van der Waals surface area contributed by atoms with Crippen molar-refractivity contribution in [3.05, 3.63) is 41.3 Å². The van der Waals surface area contributed by atoms with Gasteiger partial charge in [-0.15, -0.1) is 5.10 Å². The van der Waals surface area contributed by atoms with Crippen LogP contribution in [-0.2, 0) is 0 Å². The number of hydrogen-bond donors (Lipinski definition) is 3. The normalized spacial score (nSPS) is 17.3. The van der Waals surface area contributed by atoms with E-state index in [9.17, 15) is 5.11 Å². The zero-order valence-corrected chi connectivity index (χ0v) is 10.7. The summed E-state index contributed by atoms with van der Waals surface area (Å²) in [6.45, 7) is 1.88. The Morgan fingerprint density at radius 2 is 2.10 bits per heavy atom. The van der Waals surface area contributed by atoms with Gasteiger partial charge < -0.3 is 15.6 Å². The zero-order valence-electron chi connectivity index (χ0n) is 10.7. The first-order valence-electron chi connectivity index (χ1n) is 6.07. The third-order valence-electron chi connectivity index (χ3n) is 3.38. The van der Waals surface area contributed by atoms with Crippen LogP contribution in [0.15, 0.2) is 35.7 Å². The maximum atomic E-state index is 9.34. The minimum absolute atomic E-state index is 0.0938. The van der Waals surface area contributed by atoms with Crippen LogP contribution in [0, 0.1) is 11.3 Å². The van der Waals surface area contributed by atoms with Crippen molar-refractivity contribution in [1.82, 2.24) is 10.2 Å². The molecule has 1 unspecified atom stereocenters. The molecule has 1 aromatic heterocycles. The fourth-order valence-corrected chi connectivity index (χ4v) is 2.33. The van der Waals surface area contributed by atoms with Crippen LogP contribution in [0.25, 0.3) is 11.3 Å². The Morgan fingerprint density at radius 1 is 1.40 bits per heavy atom. The van der Waals surface area contributed by atoms with Gasteiger partial charge >= 0.3 is 0 Å². The molecule has 1 aromatic carbocycles. The number of benzene rings is 1. The number of aromatic nitrogens is 2. The monoisotopic (exact) mass is 268 g/mol. The second kappa shape index (κ2) is 4.31. The Labute approximate surface area is 115 Å². The molecule has 0 fully saturated rings. The number of allylic oxidation sites excluding steroid dienone is 1. The summed E-state index contributed by atoms with van der Waals surface area (Å²) in [5.74, 6) is 0.466. The summed E-state index contributed by atoms with van der Waals surface area (Å²) in [6, 6.07) is 8.78. The fourth-order valence-electron chi connectivity index (χ4n) is 2.33. The SMILES string of the molecule is CC1C(C#N)=C(N)Oc2n[nH]c(-c3ccc(O)cc3)c21. The van der Waals surface area contributed by atoms with Gasteiger partial charge in [0.15, 0.2) is 0 Å². The summed E-state index contributed by atoms with van der Waals surface area (Å²) in [5, 5.41) is 25.5. The van der Waals surface area contributed by atoms with Crippen molar-refractivity contribution in [1.29, 1.82) is 5.26 Å². The molecule has 20 heavy (non-hydrogen) atoms. The molecule has 2 heterocycles. The molecule has 1 aliphatic rings. The summed E-state index contributed by atoms with van der Waals surface area (Å²) in [7, 11) is 0. The minimum atomic E-state index is -0.202. The number of rotatable bonds is 1. The highest BCUT2D eigenvalue weighted by Gasteiger charge is 2.31. The number of H-pyrrole nitrogens is 1. The van der Waals surface area contributed by atoms with Gasteiger partial charge in [0.25, 0.3) is 0 Å². The molecule has 100 valence electrons. The van der Waals surface area contributed by atoms with Crippen LogP contribution in [0.3, 0.4) is 0 Å². The quantitative estimate of drug-likeness (QED) is 0.732. The lowest BCUT2D eigenvalue weighted by Gasteiger charge is -2.20. The fraction of sp³-hybridized carbons (Fsp3) is 0.143. The molecule has 4 N–H and O–H groups in total. The molecule has 0 radical (unpaired) electrons. The number of phenolic OH excluding ortho intramolecular Hbond substituents is 1. The van der Waals surface area contributed by atoms with Gasteiger partial charge in [-0.2, -0.15) is 5.26 Å². The zero-order chi connectivity index (χ0) is 14.3. The maximum Gasteiger partial charge on any atom is 0.244 e. The summed E-state index contributed by atoms with van der Waals surface area (Å²) in [5.41, 5.74) is 8.50. The topological polar surface area (TPSA) is 108 Å². The summed E-state index contributed by atoms with van der Waals surface area (Å²) in [6.07, 6.45) is 0. The molecule has 6 nitrogen and oxygen atoms in total. The lowest BCUT2D eigenvalue weighted by atomic mass is 9.90. The van der Waals surface area contributed by atoms with Crippen molar-refractivity contribution < 1.29 is 9.84 Å². The largest absolute Gasteiger partial charge is 0.508 e. The third-order valence-corrected chi connectivity index (χ3v) is 3.38. The minimum Gasteiger partial charge on any atom is -0.508 e. The average Bonchev–Trinajstić information content (AvgIpc) is 2.84. The van der Waals surface area contributed by atoms with Crippen LogP contribution < -0.4 is 10.5 Å². The van der Waals surface area contributed by atoms with Gasteiger partial charge in [0.2, 0.25) is 11.8 Å².